The third-order valence-electron chi connectivity index (χ3n) is 3.76. The van der Waals surface area contributed by atoms with Crippen molar-refractivity contribution < 1.29 is 4.74 Å². The average Bonchev–Trinajstić information content (AvgIpc) is 2.27. The van der Waals surface area contributed by atoms with E-state index in [1.54, 1.807) is 7.11 Å². The molecule has 2 nitrogen and oxygen atoms in total. The van der Waals surface area contributed by atoms with Crippen LogP contribution in [-0.4, -0.2) is 14.2 Å². The van der Waals surface area contributed by atoms with Crippen LogP contribution < -0.4 is 10.1 Å². The molecule has 1 aromatic rings. The van der Waals surface area contributed by atoms with Gasteiger partial charge in [-0.1, -0.05) is 30.9 Å². The molecule has 0 aromatic heterocycles. The summed E-state index contributed by atoms with van der Waals surface area (Å²) in [6, 6.07) is 4.19. The van der Waals surface area contributed by atoms with Gasteiger partial charge in [0.1, 0.15) is 5.75 Å². The second-order valence-electron chi connectivity index (χ2n) is 4.88. The Morgan fingerprint density at radius 1 is 1.50 bits per heavy atom. The van der Waals surface area contributed by atoms with Crippen LogP contribution in [0, 0.1) is 5.92 Å². The summed E-state index contributed by atoms with van der Waals surface area (Å²) in [7, 11) is 3.70. The molecule has 1 fully saturated rings. The quantitative estimate of drug-likeness (QED) is 0.853. The number of ether oxygens (including phenoxy) is 1. The summed E-state index contributed by atoms with van der Waals surface area (Å²) in [5.41, 5.74) is 1.14. The molecule has 0 aliphatic heterocycles. The minimum absolute atomic E-state index is 0.306. The number of hydrogen-bond acceptors (Lipinski definition) is 2. The summed E-state index contributed by atoms with van der Waals surface area (Å²) in [6.07, 6.45) is 5.22. The molecule has 1 N–H and O–H groups in total. The zero-order valence-corrected chi connectivity index (χ0v) is 13.1. The van der Waals surface area contributed by atoms with Gasteiger partial charge in [0.25, 0.3) is 0 Å². The Morgan fingerprint density at radius 3 is 2.72 bits per heavy atom. The van der Waals surface area contributed by atoms with Gasteiger partial charge in [-0.25, -0.2) is 0 Å². The lowest BCUT2D eigenvalue weighted by molar-refractivity contribution is 0.263. The van der Waals surface area contributed by atoms with Gasteiger partial charge in [-0.3, -0.25) is 0 Å². The first-order chi connectivity index (χ1) is 8.65. The SMILES string of the molecule is CNC(CC1CCC1)c1cc(Cl)cc(Br)c1OC. The Labute approximate surface area is 122 Å². The molecule has 0 amide bonds. The molecule has 0 radical (unpaired) electrons. The van der Waals surface area contributed by atoms with Gasteiger partial charge in [0.05, 0.1) is 11.6 Å². The standard InChI is InChI=1S/C14H19BrClNO/c1-17-13(6-9-4-3-5-9)11-7-10(16)8-12(15)14(11)18-2/h7-9,13,17H,3-6H2,1-2H3. The fourth-order valence-electron chi connectivity index (χ4n) is 2.52. The van der Waals surface area contributed by atoms with Crippen LogP contribution in [0.3, 0.4) is 0 Å². The Kier molecular flexibility index (Phi) is 4.93. The highest BCUT2D eigenvalue weighted by Crippen LogP contribution is 2.40. The van der Waals surface area contributed by atoms with Crippen LogP contribution in [0.4, 0.5) is 0 Å². The molecule has 4 heteroatoms. The zero-order chi connectivity index (χ0) is 13.1. The number of hydrogen-bond donors (Lipinski definition) is 1. The summed E-state index contributed by atoms with van der Waals surface area (Å²) in [6.45, 7) is 0. The predicted octanol–water partition coefficient (Wildman–Crippen LogP) is 4.56. The number of halogens is 2. The molecule has 18 heavy (non-hydrogen) atoms. The van der Waals surface area contributed by atoms with Crippen molar-refractivity contribution in [2.24, 2.45) is 5.92 Å². The van der Waals surface area contributed by atoms with Gasteiger partial charge in [0.15, 0.2) is 0 Å². The van der Waals surface area contributed by atoms with Crippen molar-refractivity contribution in [2.75, 3.05) is 14.2 Å². The predicted molar refractivity (Wildman–Crippen MR) is 79.5 cm³/mol. The van der Waals surface area contributed by atoms with Crippen LogP contribution in [-0.2, 0) is 0 Å². The fraction of sp³-hybridized carbons (Fsp3) is 0.571. The van der Waals surface area contributed by atoms with E-state index in [0.717, 1.165) is 33.1 Å². The molecular weight excluding hydrogens is 314 g/mol. The lowest BCUT2D eigenvalue weighted by Gasteiger charge is -2.30. The van der Waals surface area contributed by atoms with Gasteiger partial charge in [-0.15, -0.1) is 0 Å². The zero-order valence-electron chi connectivity index (χ0n) is 10.8. The van der Waals surface area contributed by atoms with E-state index in [1.165, 1.54) is 19.3 Å². The summed E-state index contributed by atoms with van der Waals surface area (Å²) < 4.78 is 6.42. The molecule has 1 aliphatic carbocycles. The summed E-state index contributed by atoms with van der Waals surface area (Å²) in [4.78, 5) is 0. The van der Waals surface area contributed by atoms with Crippen LogP contribution >= 0.6 is 27.5 Å². The number of nitrogens with one attached hydrogen (secondary N) is 1. The molecule has 1 unspecified atom stereocenters. The Hall–Kier alpha value is -0.250. The van der Waals surface area contributed by atoms with E-state index in [9.17, 15) is 0 Å². The largest absolute Gasteiger partial charge is 0.495 e. The molecular formula is C14H19BrClNO. The van der Waals surface area contributed by atoms with E-state index in [1.807, 2.05) is 19.2 Å². The monoisotopic (exact) mass is 331 g/mol. The molecule has 2 rings (SSSR count). The average molecular weight is 333 g/mol. The van der Waals surface area contributed by atoms with Crippen molar-refractivity contribution in [1.29, 1.82) is 0 Å². The van der Waals surface area contributed by atoms with Crippen LogP contribution in [0.5, 0.6) is 5.75 Å². The minimum Gasteiger partial charge on any atom is -0.495 e. The van der Waals surface area contributed by atoms with Crippen molar-refractivity contribution in [2.45, 2.75) is 31.7 Å². The number of methoxy groups -OCH3 is 1. The maximum absolute atomic E-state index is 6.15. The normalized spacial score (nSPS) is 17.3. The van der Waals surface area contributed by atoms with Crippen LogP contribution in [0.15, 0.2) is 16.6 Å². The van der Waals surface area contributed by atoms with Gasteiger partial charge in [0, 0.05) is 16.6 Å². The van der Waals surface area contributed by atoms with Crippen molar-refractivity contribution in [1.82, 2.24) is 5.32 Å². The van der Waals surface area contributed by atoms with Crippen molar-refractivity contribution >= 4 is 27.5 Å². The second-order valence-corrected chi connectivity index (χ2v) is 6.17. The first-order valence-electron chi connectivity index (χ1n) is 6.36. The van der Waals surface area contributed by atoms with Gasteiger partial charge in [-0.2, -0.15) is 0 Å². The summed E-state index contributed by atoms with van der Waals surface area (Å²) >= 11 is 9.67. The van der Waals surface area contributed by atoms with Crippen LogP contribution in [0.1, 0.15) is 37.3 Å². The van der Waals surface area contributed by atoms with Gasteiger partial charge < -0.3 is 10.1 Å². The van der Waals surface area contributed by atoms with Gasteiger partial charge in [0.2, 0.25) is 0 Å². The van der Waals surface area contributed by atoms with E-state index >= 15 is 0 Å². The molecule has 100 valence electrons. The Bertz CT molecular complexity index is 421. The van der Waals surface area contributed by atoms with Gasteiger partial charge >= 0.3 is 0 Å². The first-order valence-corrected chi connectivity index (χ1v) is 7.53. The lowest BCUT2D eigenvalue weighted by atomic mass is 9.79. The van der Waals surface area contributed by atoms with Crippen molar-refractivity contribution in [3.8, 4) is 5.75 Å². The molecule has 0 saturated heterocycles. The van der Waals surface area contributed by atoms with Crippen molar-refractivity contribution in [3.05, 3.63) is 27.2 Å². The smallest absolute Gasteiger partial charge is 0.137 e. The van der Waals surface area contributed by atoms with E-state index in [-0.39, 0.29) is 0 Å². The molecule has 0 heterocycles. The van der Waals surface area contributed by atoms with E-state index < -0.39 is 0 Å². The maximum atomic E-state index is 6.15. The van der Waals surface area contributed by atoms with E-state index in [2.05, 4.69) is 21.2 Å². The highest BCUT2D eigenvalue weighted by molar-refractivity contribution is 9.10. The molecule has 1 saturated carbocycles. The lowest BCUT2D eigenvalue weighted by Crippen LogP contribution is -2.23. The number of rotatable bonds is 5. The second kappa shape index (κ2) is 6.27. The summed E-state index contributed by atoms with van der Waals surface area (Å²) in [5, 5.41) is 4.13. The minimum atomic E-state index is 0.306. The van der Waals surface area contributed by atoms with Crippen LogP contribution in [0.2, 0.25) is 5.02 Å². The molecule has 1 atom stereocenters. The number of benzene rings is 1. The van der Waals surface area contributed by atoms with Crippen molar-refractivity contribution in [3.63, 3.8) is 0 Å². The summed E-state index contributed by atoms with van der Waals surface area (Å²) in [5.74, 6) is 1.72. The molecule has 1 aliphatic rings. The molecule has 1 aromatic carbocycles. The highest BCUT2D eigenvalue weighted by Gasteiger charge is 2.25. The maximum Gasteiger partial charge on any atom is 0.137 e. The molecule has 0 bridgehead atoms. The topological polar surface area (TPSA) is 21.3 Å². The third-order valence-corrected chi connectivity index (χ3v) is 4.57. The van der Waals surface area contributed by atoms with Crippen LogP contribution in [0.25, 0.3) is 0 Å². The Morgan fingerprint density at radius 2 is 2.22 bits per heavy atom. The highest BCUT2D eigenvalue weighted by atomic mass is 79.9. The van der Waals surface area contributed by atoms with E-state index in [0.29, 0.717) is 6.04 Å². The Balaban J connectivity index is 2.27. The van der Waals surface area contributed by atoms with Gasteiger partial charge in [-0.05, 0) is 47.4 Å². The molecule has 0 spiro atoms. The van der Waals surface area contributed by atoms with E-state index in [4.69, 9.17) is 16.3 Å². The fourth-order valence-corrected chi connectivity index (χ4v) is 3.51. The third kappa shape index (κ3) is 3.01. The first kappa shape index (κ1) is 14.2.